The van der Waals surface area contributed by atoms with Crippen molar-refractivity contribution in [3.05, 3.63) is 70.6 Å². The van der Waals surface area contributed by atoms with Crippen LogP contribution in [0.5, 0.6) is 5.75 Å². The van der Waals surface area contributed by atoms with Gasteiger partial charge in [-0.25, -0.2) is 0 Å². The topological polar surface area (TPSA) is 68.2 Å². The van der Waals surface area contributed by atoms with Gasteiger partial charge in [0.1, 0.15) is 11.8 Å². The Kier molecular flexibility index (Phi) is 4.34. The molecule has 0 saturated carbocycles. The Morgan fingerprint density at radius 1 is 1.09 bits per heavy atom. The molecule has 2 unspecified atom stereocenters. The number of amides is 1. The molecule has 6 nitrogen and oxygen atoms in total. The average molecular weight is 312 g/mol. The SMILES string of the molecule is COc1ccc(C2C(OCc3ccccc3)C(=O)N2N=O)cc1. The van der Waals surface area contributed by atoms with Crippen LogP contribution in [0.15, 0.2) is 59.9 Å². The van der Waals surface area contributed by atoms with Gasteiger partial charge in [-0.05, 0) is 23.3 Å². The van der Waals surface area contributed by atoms with Crippen molar-refractivity contribution in [1.82, 2.24) is 5.01 Å². The number of benzene rings is 2. The standard InChI is InChI=1S/C17H16N2O4/c1-22-14-9-7-13(8-10-14)15-16(17(20)19(15)18-21)23-11-12-5-3-2-4-6-12/h2-10,15-16H,11H2,1H3. The maximum Gasteiger partial charge on any atom is 0.277 e. The minimum atomic E-state index is -0.707. The molecule has 6 heteroatoms. The van der Waals surface area contributed by atoms with E-state index in [1.54, 1.807) is 31.4 Å². The fourth-order valence-corrected chi connectivity index (χ4v) is 2.58. The van der Waals surface area contributed by atoms with Crippen molar-refractivity contribution in [1.29, 1.82) is 0 Å². The van der Waals surface area contributed by atoms with Gasteiger partial charge in [0.2, 0.25) is 0 Å². The molecule has 0 aliphatic carbocycles. The lowest BCUT2D eigenvalue weighted by molar-refractivity contribution is -0.177. The van der Waals surface area contributed by atoms with E-state index >= 15 is 0 Å². The van der Waals surface area contributed by atoms with Gasteiger partial charge in [0.15, 0.2) is 6.10 Å². The maximum atomic E-state index is 12.0. The van der Waals surface area contributed by atoms with Crippen LogP contribution < -0.4 is 4.74 Å². The summed E-state index contributed by atoms with van der Waals surface area (Å²) in [6, 6.07) is 16.2. The Labute approximate surface area is 133 Å². The quantitative estimate of drug-likeness (QED) is 0.607. The summed E-state index contributed by atoms with van der Waals surface area (Å²) in [4.78, 5) is 22.9. The predicted octanol–water partition coefficient (Wildman–Crippen LogP) is 2.85. The highest BCUT2D eigenvalue weighted by atomic mass is 16.5. The molecule has 0 bridgehead atoms. The van der Waals surface area contributed by atoms with Crippen LogP contribution in [0.2, 0.25) is 0 Å². The van der Waals surface area contributed by atoms with E-state index in [1.165, 1.54) is 0 Å². The van der Waals surface area contributed by atoms with Crippen molar-refractivity contribution in [3.8, 4) is 5.75 Å². The molecule has 1 amide bonds. The highest BCUT2D eigenvalue weighted by Crippen LogP contribution is 2.38. The molecule has 0 spiro atoms. The third kappa shape index (κ3) is 2.93. The van der Waals surface area contributed by atoms with Crippen molar-refractivity contribution in [3.63, 3.8) is 0 Å². The monoisotopic (exact) mass is 312 g/mol. The second-order valence-electron chi connectivity index (χ2n) is 5.20. The fraction of sp³-hybridized carbons (Fsp3) is 0.235. The van der Waals surface area contributed by atoms with E-state index in [-0.39, 0.29) is 0 Å². The number of methoxy groups -OCH3 is 1. The molecule has 0 aromatic heterocycles. The molecule has 23 heavy (non-hydrogen) atoms. The number of carbonyl (C=O) groups excluding carboxylic acids is 1. The second kappa shape index (κ2) is 6.58. The summed E-state index contributed by atoms with van der Waals surface area (Å²) in [5.74, 6) is 0.281. The van der Waals surface area contributed by atoms with E-state index in [2.05, 4.69) is 5.29 Å². The van der Waals surface area contributed by atoms with Gasteiger partial charge in [0.25, 0.3) is 5.91 Å². The number of nitrogens with zero attached hydrogens (tertiary/aromatic N) is 2. The van der Waals surface area contributed by atoms with Gasteiger partial charge in [-0.1, -0.05) is 42.5 Å². The Bertz CT molecular complexity index is 687. The molecular weight excluding hydrogens is 296 g/mol. The van der Waals surface area contributed by atoms with Gasteiger partial charge in [-0.2, -0.15) is 5.01 Å². The zero-order valence-corrected chi connectivity index (χ0v) is 12.6. The summed E-state index contributed by atoms with van der Waals surface area (Å²) in [7, 11) is 1.58. The van der Waals surface area contributed by atoms with Gasteiger partial charge in [-0.3, -0.25) is 4.79 Å². The number of nitroso groups, excluding NO2 is 1. The summed E-state index contributed by atoms with van der Waals surface area (Å²) in [6.45, 7) is 0.302. The van der Waals surface area contributed by atoms with E-state index in [9.17, 15) is 9.70 Å². The number of rotatable bonds is 6. The van der Waals surface area contributed by atoms with Gasteiger partial charge in [0.05, 0.1) is 19.0 Å². The van der Waals surface area contributed by atoms with Gasteiger partial charge in [0, 0.05) is 0 Å². The van der Waals surface area contributed by atoms with Crippen LogP contribution in [0.4, 0.5) is 0 Å². The van der Waals surface area contributed by atoms with Crippen LogP contribution in [-0.4, -0.2) is 24.1 Å². The van der Waals surface area contributed by atoms with Gasteiger partial charge < -0.3 is 9.47 Å². The fourth-order valence-electron chi connectivity index (χ4n) is 2.58. The normalized spacial score (nSPS) is 20.0. The second-order valence-corrected chi connectivity index (χ2v) is 5.20. The first-order chi connectivity index (χ1) is 11.2. The van der Waals surface area contributed by atoms with E-state index in [0.717, 1.165) is 16.1 Å². The smallest absolute Gasteiger partial charge is 0.277 e. The summed E-state index contributed by atoms with van der Waals surface area (Å²) < 4.78 is 10.8. The Morgan fingerprint density at radius 2 is 1.78 bits per heavy atom. The zero-order chi connectivity index (χ0) is 16.2. The van der Waals surface area contributed by atoms with E-state index in [4.69, 9.17) is 9.47 Å². The average Bonchev–Trinajstić information content (AvgIpc) is 2.61. The zero-order valence-electron chi connectivity index (χ0n) is 12.6. The summed E-state index contributed by atoms with van der Waals surface area (Å²) in [5.41, 5.74) is 1.74. The first-order valence-corrected chi connectivity index (χ1v) is 7.20. The molecule has 1 aliphatic rings. The molecule has 3 rings (SSSR count). The van der Waals surface area contributed by atoms with Gasteiger partial charge >= 0.3 is 0 Å². The maximum absolute atomic E-state index is 12.0. The van der Waals surface area contributed by atoms with Crippen LogP contribution in [0.25, 0.3) is 0 Å². The largest absolute Gasteiger partial charge is 0.497 e. The highest BCUT2D eigenvalue weighted by molar-refractivity contribution is 5.88. The Hall–Kier alpha value is -2.73. The number of ether oxygens (including phenoxy) is 2. The molecule has 1 fully saturated rings. The third-order valence-electron chi connectivity index (χ3n) is 3.84. The number of hydrogen-bond donors (Lipinski definition) is 0. The lowest BCUT2D eigenvalue weighted by Gasteiger charge is -2.41. The summed E-state index contributed by atoms with van der Waals surface area (Å²) >= 11 is 0. The highest BCUT2D eigenvalue weighted by Gasteiger charge is 2.50. The molecule has 2 aromatic carbocycles. The minimum absolute atomic E-state index is 0.302. The predicted molar refractivity (Wildman–Crippen MR) is 83.4 cm³/mol. The van der Waals surface area contributed by atoms with Gasteiger partial charge in [-0.15, -0.1) is 4.91 Å². The van der Waals surface area contributed by atoms with Crippen molar-refractivity contribution in [2.45, 2.75) is 18.8 Å². The van der Waals surface area contributed by atoms with Crippen molar-refractivity contribution >= 4 is 5.91 Å². The molecular formula is C17H16N2O4. The van der Waals surface area contributed by atoms with E-state index in [1.807, 2.05) is 30.3 Å². The molecule has 0 radical (unpaired) electrons. The first kappa shape index (κ1) is 15.2. The molecule has 1 heterocycles. The molecule has 118 valence electrons. The minimum Gasteiger partial charge on any atom is -0.497 e. The molecule has 1 aliphatic heterocycles. The Balaban J connectivity index is 1.75. The van der Waals surface area contributed by atoms with E-state index < -0.39 is 18.1 Å². The molecule has 2 aromatic rings. The number of hydrogen-bond acceptors (Lipinski definition) is 5. The van der Waals surface area contributed by atoms with Crippen LogP contribution >= 0.6 is 0 Å². The van der Waals surface area contributed by atoms with Crippen LogP contribution in [0.3, 0.4) is 0 Å². The number of β-lactam (4-membered cyclic amide) rings is 1. The lowest BCUT2D eigenvalue weighted by Crippen LogP contribution is -2.57. The van der Waals surface area contributed by atoms with Crippen molar-refractivity contribution < 1.29 is 14.3 Å². The van der Waals surface area contributed by atoms with Crippen LogP contribution in [0, 0.1) is 4.91 Å². The lowest BCUT2D eigenvalue weighted by atomic mass is 9.92. The van der Waals surface area contributed by atoms with E-state index in [0.29, 0.717) is 12.4 Å². The Morgan fingerprint density at radius 3 is 2.39 bits per heavy atom. The van der Waals surface area contributed by atoms with Crippen molar-refractivity contribution in [2.75, 3.05) is 7.11 Å². The molecule has 0 N–H and O–H groups in total. The first-order valence-electron chi connectivity index (χ1n) is 7.20. The molecule has 2 atom stereocenters. The summed E-state index contributed by atoms with van der Waals surface area (Å²) in [5, 5.41) is 3.72. The van der Waals surface area contributed by atoms with Crippen LogP contribution in [-0.2, 0) is 16.1 Å². The third-order valence-corrected chi connectivity index (χ3v) is 3.84. The number of carbonyl (C=O) groups is 1. The molecule has 1 saturated heterocycles. The van der Waals surface area contributed by atoms with Crippen molar-refractivity contribution in [2.24, 2.45) is 5.29 Å². The van der Waals surface area contributed by atoms with Crippen LogP contribution in [0.1, 0.15) is 17.2 Å². The summed E-state index contributed by atoms with van der Waals surface area (Å²) in [6.07, 6.45) is -0.707.